The monoisotopic (exact) mass is 451 g/mol. The number of carboxylic acid groups (broad SMARTS) is 1. The van der Waals surface area contributed by atoms with Crippen molar-refractivity contribution in [1.82, 2.24) is 4.90 Å². The van der Waals surface area contributed by atoms with Crippen molar-refractivity contribution in [2.75, 3.05) is 6.54 Å². The molecule has 6 heteroatoms. The van der Waals surface area contributed by atoms with Gasteiger partial charge in [-0.3, -0.25) is 9.59 Å². The summed E-state index contributed by atoms with van der Waals surface area (Å²) in [7, 11) is 0. The van der Waals surface area contributed by atoms with Gasteiger partial charge >= 0.3 is 5.97 Å². The standard InChI is InChI=1S/C27H33NO5/c1-20-10-14-23(15-11-20)33-24-8-6-7-21(19-24)25(29)16-12-22-13-17-26(30)28(22)18-5-3-2-4-9-27(31)32/h6-8,10-12,14-16,19,22,25,29H,2-5,9,13,17-18H2,1H3,(H,31,32)/t22-,25?/m0/s1. The Morgan fingerprint density at radius 2 is 1.88 bits per heavy atom. The number of aryl methyl sites for hydroxylation is 1. The van der Waals surface area contributed by atoms with Crippen molar-refractivity contribution in [3.63, 3.8) is 0 Å². The lowest BCUT2D eigenvalue weighted by Crippen LogP contribution is -2.32. The van der Waals surface area contributed by atoms with E-state index in [4.69, 9.17) is 9.84 Å². The lowest BCUT2D eigenvalue weighted by atomic mass is 10.1. The number of carbonyl (C=O) groups excluding carboxylic acids is 1. The molecule has 0 bridgehead atoms. The van der Waals surface area contributed by atoms with E-state index >= 15 is 0 Å². The van der Waals surface area contributed by atoms with Gasteiger partial charge in [0.05, 0.1) is 12.1 Å². The Balaban J connectivity index is 1.53. The summed E-state index contributed by atoms with van der Waals surface area (Å²) < 4.78 is 5.90. The quantitative estimate of drug-likeness (QED) is 0.333. The van der Waals surface area contributed by atoms with Crippen molar-refractivity contribution in [3.05, 3.63) is 71.8 Å². The zero-order valence-electron chi connectivity index (χ0n) is 19.2. The minimum Gasteiger partial charge on any atom is -0.481 e. The van der Waals surface area contributed by atoms with E-state index in [1.54, 1.807) is 6.08 Å². The fourth-order valence-electron chi connectivity index (χ4n) is 4.01. The molecule has 1 fully saturated rings. The highest BCUT2D eigenvalue weighted by Gasteiger charge is 2.28. The van der Waals surface area contributed by atoms with Crippen LogP contribution < -0.4 is 4.74 Å². The van der Waals surface area contributed by atoms with E-state index in [9.17, 15) is 14.7 Å². The third kappa shape index (κ3) is 7.75. The van der Waals surface area contributed by atoms with Crippen LogP contribution in [0, 0.1) is 6.92 Å². The molecule has 0 radical (unpaired) electrons. The molecule has 33 heavy (non-hydrogen) atoms. The molecule has 0 spiro atoms. The highest BCUT2D eigenvalue weighted by Crippen LogP contribution is 2.27. The van der Waals surface area contributed by atoms with E-state index in [1.807, 2.05) is 66.4 Å². The molecule has 2 aromatic carbocycles. The highest BCUT2D eigenvalue weighted by molar-refractivity contribution is 5.79. The van der Waals surface area contributed by atoms with Crippen LogP contribution in [-0.4, -0.2) is 39.6 Å². The van der Waals surface area contributed by atoms with Crippen LogP contribution in [0.5, 0.6) is 11.5 Å². The van der Waals surface area contributed by atoms with E-state index in [1.165, 1.54) is 0 Å². The molecule has 1 unspecified atom stereocenters. The Kier molecular flexibility index (Phi) is 9.07. The summed E-state index contributed by atoms with van der Waals surface area (Å²) in [5.41, 5.74) is 1.89. The molecule has 0 saturated carbocycles. The number of unbranched alkanes of at least 4 members (excludes halogenated alkanes) is 3. The van der Waals surface area contributed by atoms with E-state index in [2.05, 4.69) is 0 Å². The van der Waals surface area contributed by atoms with Gasteiger partial charge in [-0.15, -0.1) is 0 Å². The predicted molar refractivity (Wildman–Crippen MR) is 127 cm³/mol. The molecular weight excluding hydrogens is 418 g/mol. The topological polar surface area (TPSA) is 87.1 Å². The van der Waals surface area contributed by atoms with Gasteiger partial charge in [-0.1, -0.05) is 54.8 Å². The first-order valence-electron chi connectivity index (χ1n) is 11.6. The molecule has 1 aliphatic heterocycles. The first-order valence-corrected chi connectivity index (χ1v) is 11.6. The van der Waals surface area contributed by atoms with E-state index < -0.39 is 12.1 Å². The number of carboxylic acids is 1. The van der Waals surface area contributed by atoms with Gasteiger partial charge in [0.25, 0.3) is 0 Å². The van der Waals surface area contributed by atoms with Crippen LogP contribution in [0.1, 0.15) is 62.2 Å². The number of benzene rings is 2. The molecule has 1 heterocycles. The third-order valence-corrected chi connectivity index (χ3v) is 5.89. The number of aliphatic hydroxyl groups excluding tert-OH is 1. The number of rotatable bonds is 12. The largest absolute Gasteiger partial charge is 0.481 e. The Morgan fingerprint density at radius 1 is 1.12 bits per heavy atom. The molecule has 3 rings (SSSR count). The van der Waals surface area contributed by atoms with Crippen molar-refractivity contribution >= 4 is 11.9 Å². The van der Waals surface area contributed by atoms with Crippen LogP contribution >= 0.6 is 0 Å². The Morgan fingerprint density at radius 3 is 2.64 bits per heavy atom. The van der Waals surface area contributed by atoms with Gasteiger partial charge < -0.3 is 19.8 Å². The van der Waals surface area contributed by atoms with Gasteiger partial charge in [-0.2, -0.15) is 0 Å². The van der Waals surface area contributed by atoms with Gasteiger partial charge in [0.2, 0.25) is 5.91 Å². The van der Waals surface area contributed by atoms with E-state index in [0.29, 0.717) is 25.1 Å². The maximum Gasteiger partial charge on any atom is 0.303 e. The molecule has 2 atom stereocenters. The van der Waals surface area contributed by atoms with Crippen molar-refractivity contribution in [2.45, 2.75) is 64.0 Å². The zero-order valence-corrected chi connectivity index (χ0v) is 19.2. The van der Waals surface area contributed by atoms with Crippen LogP contribution in [0.2, 0.25) is 0 Å². The molecule has 1 aliphatic rings. The van der Waals surface area contributed by atoms with Gasteiger partial charge in [0.15, 0.2) is 0 Å². The molecule has 0 aromatic heterocycles. The Bertz CT molecular complexity index is 953. The summed E-state index contributed by atoms with van der Waals surface area (Å²) in [4.78, 5) is 24.7. The number of likely N-dealkylation sites (tertiary alicyclic amines) is 1. The fourth-order valence-corrected chi connectivity index (χ4v) is 4.01. The summed E-state index contributed by atoms with van der Waals surface area (Å²) in [5.74, 6) is 0.772. The van der Waals surface area contributed by atoms with Crippen molar-refractivity contribution in [3.8, 4) is 11.5 Å². The smallest absolute Gasteiger partial charge is 0.303 e. The number of ether oxygens (including phenoxy) is 1. The molecule has 1 amide bonds. The molecule has 6 nitrogen and oxygen atoms in total. The summed E-state index contributed by atoms with van der Waals surface area (Å²) in [6, 6.07) is 15.2. The minimum absolute atomic E-state index is 0.0156. The molecule has 2 aromatic rings. The predicted octanol–water partition coefficient (Wildman–Crippen LogP) is 5.40. The highest BCUT2D eigenvalue weighted by atomic mass is 16.5. The molecular formula is C27H33NO5. The summed E-state index contributed by atoms with van der Waals surface area (Å²) in [6.45, 7) is 2.69. The average molecular weight is 452 g/mol. The van der Waals surface area contributed by atoms with Crippen molar-refractivity contribution in [1.29, 1.82) is 0 Å². The molecule has 176 valence electrons. The van der Waals surface area contributed by atoms with Gasteiger partial charge in [-0.05, 0) is 56.0 Å². The fraction of sp³-hybridized carbons (Fsp3) is 0.407. The van der Waals surface area contributed by atoms with Gasteiger partial charge in [0, 0.05) is 19.4 Å². The van der Waals surface area contributed by atoms with Crippen LogP contribution in [0.25, 0.3) is 0 Å². The normalized spacial score (nSPS) is 17.0. The van der Waals surface area contributed by atoms with Crippen LogP contribution in [0.3, 0.4) is 0 Å². The maximum atomic E-state index is 12.3. The van der Waals surface area contributed by atoms with Crippen LogP contribution in [-0.2, 0) is 9.59 Å². The summed E-state index contributed by atoms with van der Waals surface area (Å²) in [5, 5.41) is 19.4. The molecule has 2 N–H and O–H groups in total. The summed E-state index contributed by atoms with van der Waals surface area (Å²) >= 11 is 0. The van der Waals surface area contributed by atoms with Crippen LogP contribution in [0.15, 0.2) is 60.7 Å². The third-order valence-electron chi connectivity index (χ3n) is 5.89. The zero-order chi connectivity index (χ0) is 23.6. The van der Waals surface area contributed by atoms with Crippen molar-refractivity contribution < 1.29 is 24.5 Å². The van der Waals surface area contributed by atoms with Gasteiger partial charge in [-0.25, -0.2) is 0 Å². The second kappa shape index (κ2) is 12.2. The molecule has 1 saturated heterocycles. The number of aliphatic hydroxyl groups is 1. The number of hydrogen-bond donors (Lipinski definition) is 2. The number of nitrogens with zero attached hydrogens (tertiary/aromatic N) is 1. The lowest BCUT2D eigenvalue weighted by molar-refractivity contribution is -0.137. The Hall–Kier alpha value is -3.12. The van der Waals surface area contributed by atoms with Gasteiger partial charge in [0.1, 0.15) is 11.5 Å². The first-order chi connectivity index (χ1) is 15.9. The van der Waals surface area contributed by atoms with E-state index in [-0.39, 0.29) is 18.4 Å². The second-order valence-electron chi connectivity index (χ2n) is 8.57. The Labute approximate surface area is 195 Å². The van der Waals surface area contributed by atoms with E-state index in [0.717, 1.165) is 42.6 Å². The number of amides is 1. The first kappa shape index (κ1) is 24.5. The maximum absolute atomic E-state index is 12.3. The number of hydrogen-bond acceptors (Lipinski definition) is 4. The number of aliphatic carboxylic acids is 1. The number of carbonyl (C=O) groups is 2. The molecule has 0 aliphatic carbocycles. The minimum atomic E-state index is -0.792. The SMILES string of the molecule is Cc1ccc(Oc2cccc(C(O)C=C[C@H]3CCC(=O)N3CCCCCCC(=O)O)c2)cc1. The second-order valence-corrected chi connectivity index (χ2v) is 8.57. The average Bonchev–Trinajstić information content (AvgIpc) is 3.15. The lowest BCUT2D eigenvalue weighted by Gasteiger charge is -2.22. The summed E-state index contributed by atoms with van der Waals surface area (Å²) in [6.07, 6.45) is 7.63. The van der Waals surface area contributed by atoms with Crippen LogP contribution in [0.4, 0.5) is 0 Å². The van der Waals surface area contributed by atoms with Crippen molar-refractivity contribution in [2.24, 2.45) is 0 Å².